The molecule has 0 saturated heterocycles. The van der Waals surface area contributed by atoms with Gasteiger partial charge in [0.25, 0.3) is 5.91 Å². The van der Waals surface area contributed by atoms with Crippen LogP contribution in [0.2, 0.25) is 0 Å². The molecule has 0 aromatic carbocycles. The van der Waals surface area contributed by atoms with Crippen LogP contribution in [0.4, 0.5) is 14.8 Å². The fourth-order valence-electron chi connectivity index (χ4n) is 2.74. The summed E-state index contributed by atoms with van der Waals surface area (Å²) in [6.07, 6.45) is 3.94. The Morgan fingerprint density at radius 2 is 1.95 bits per heavy atom. The van der Waals surface area contributed by atoms with Crippen LogP contribution in [0.25, 0.3) is 0 Å². The molecule has 1 aliphatic rings. The molecule has 1 saturated carbocycles. The van der Waals surface area contributed by atoms with Crippen LogP contribution in [0.5, 0.6) is 0 Å². The first-order valence-corrected chi connectivity index (χ1v) is 7.99. The van der Waals surface area contributed by atoms with E-state index in [2.05, 4.69) is 17.6 Å². The Kier molecular flexibility index (Phi) is 5.02. The zero-order valence-corrected chi connectivity index (χ0v) is 13.2. The quantitative estimate of drug-likeness (QED) is 0.677. The van der Waals surface area contributed by atoms with Crippen molar-refractivity contribution in [2.75, 3.05) is 10.6 Å². The third-order valence-electron chi connectivity index (χ3n) is 3.79. The molecule has 0 spiro atoms. The first kappa shape index (κ1) is 16.3. The zero-order valence-electron chi connectivity index (χ0n) is 12.3. The average Bonchev–Trinajstić information content (AvgIpc) is 2.80. The maximum absolute atomic E-state index is 12.3. The molecule has 2 unspecified atom stereocenters. The highest BCUT2D eigenvalue weighted by Crippen LogP contribution is 2.34. The van der Waals surface area contributed by atoms with E-state index in [1.165, 1.54) is 6.07 Å². The smallest absolute Gasteiger partial charge is 0.317 e. The second-order valence-electron chi connectivity index (χ2n) is 5.66. The van der Waals surface area contributed by atoms with Crippen LogP contribution in [0, 0.1) is 11.8 Å². The van der Waals surface area contributed by atoms with Gasteiger partial charge in [0.1, 0.15) is 5.00 Å². The third-order valence-corrected chi connectivity index (χ3v) is 4.75. The lowest BCUT2D eigenvalue weighted by Gasteiger charge is -2.25. The van der Waals surface area contributed by atoms with E-state index in [0.29, 0.717) is 10.9 Å². The maximum atomic E-state index is 12.3. The van der Waals surface area contributed by atoms with Crippen molar-refractivity contribution < 1.29 is 14.4 Å². The van der Waals surface area contributed by atoms with Crippen LogP contribution >= 0.6 is 11.3 Å². The summed E-state index contributed by atoms with van der Waals surface area (Å²) in [4.78, 5) is 34.6. The van der Waals surface area contributed by atoms with Gasteiger partial charge in [0.05, 0.1) is 10.6 Å². The summed E-state index contributed by atoms with van der Waals surface area (Å²) in [5.74, 6) is -0.224. The molecule has 0 aliphatic heterocycles. The number of nitrogens with one attached hydrogen (secondary N) is 2. The number of urea groups is 1. The first-order chi connectivity index (χ1) is 10.4. The number of hydrogen-bond acceptors (Lipinski definition) is 4. The van der Waals surface area contributed by atoms with Crippen molar-refractivity contribution >= 4 is 39.2 Å². The van der Waals surface area contributed by atoms with Gasteiger partial charge in [0, 0.05) is 5.92 Å². The lowest BCUT2D eigenvalue weighted by Crippen LogP contribution is -2.27. The molecule has 22 heavy (non-hydrogen) atoms. The van der Waals surface area contributed by atoms with Gasteiger partial charge >= 0.3 is 6.03 Å². The molecule has 6 N–H and O–H groups in total. The molecular formula is C14H20N4O3S. The van der Waals surface area contributed by atoms with Crippen LogP contribution in [0.3, 0.4) is 0 Å². The third kappa shape index (κ3) is 3.97. The number of carbonyl (C=O) groups excluding carboxylic acids is 3. The molecule has 1 heterocycles. The van der Waals surface area contributed by atoms with Gasteiger partial charge in [-0.15, -0.1) is 0 Å². The van der Waals surface area contributed by atoms with Gasteiger partial charge in [-0.05, 0) is 24.8 Å². The van der Waals surface area contributed by atoms with Crippen LogP contribution in [0.15, 0.2) is 6.07 Å². The molecule has 1 fully saturated rings. The first-order valence-electron chi connectivity index (χ1n) is 7.17. The summed E-state index contributed by atoms with van der Waals surface area (Å²) in [6, 6.07) is 0.672. The molecule has 7 nitrogen and oxygen atoms in total. The molecular weight excluding hydrogens is 304 g/mol. The second kappa shape index (κ2) is 6.78. The molecule has 1 aromatic rings. The molecule has 120 valence electrons. The fourth-order valence-corrected chi connectivity index (χ4v) is 3.71. The Bertz CT molecular complexity index is 599. The van der Waals surface area contributed by atoms with Crippen LogP contribution in [-0.4, -0.2) is 17.8 Å². The van der Waals surface area contributed by atoms with E-state index in [4.69, 9.17) is 11.5 Å². The number of nitrogens with two attached hydrogens (primary N) is 2. The highest BCUT2D eigenvalue weighted by molar-refractivity contribution is 7.20. The molecule has 4 amide bonds. The number of anilines is 2. The number of thiophene rings is 1. The van der Waals surface area contributed by atoms with Gasteiger partial charge in [-0.3, -0.25) is 14.9 Å². The molecule has 8 heteroatoms. The number of carbonyl (C=O) groups is 3. The van der Waals surface area contributed by atoms with Crippen LogP contribution in [-0.2, 0) is 4.79 Å². The molecule has 2 atom stereocenters. The van der Waals surface area contributed by atoms with Crippen LogP contribution < -0.4 is 22.1 Å². The minimum atomic E-state index is -0.789. The Morgan fingerprint density at radius 1 is 1.23 bits per heavy atom. The average molecular weight is 324 g/mol. The molecule has 2 rings (SSSR count). The number of hydrogen-bond donors (Lipinski definition) is 4. The number of amides is 4. The van der Waals surface area contributed by atoms with E-state index < -0.39 is 11.9 Å². The van der Waals surface area contributed by atoms with E-state index in [1.807, 2.05) is 0 Å². The topological polar surface area (TPSA) is 127 Å². The van der Waals surface area contributed by atoms with Crippen molar-refractivity contribution in [1.29, 1.82) is 0 Å². The van der Waals surface area contributed by atoms with E-state index in [9.17, 15) is 14.4 Å². The summed E-state index contributed by atoms with van der Waals surface area (Å²) >= 11 is 1.06. The normalized spacial score (nSPS) is 21.1. The minimum absolute atomic E-state index is 0.0181. The van der Waals surface area contributed by atoms with Crippen molar-refractivity contribution in [3.05, 3.63) is 11.6 Å². The summed E-state index contributed by atoms with van der Waals surface area (Å²) < 4.78 is 0. The minimum Gasteiger partial charge on any atom is -0.366 e. The summed E-state index contributed by atoms with van der Waals surface area (Å²) in [5, 5.41) is 5.86. The fraction of sp³-hybridized carbons (Fsp3) is 0.500. The Morgan fingerprint density at radius 3 is 2.55 bits per heavy atom. The molecule has 1 aromatic heterocycles. The van der Waals surface area contributed by atoms with Crippen LogP contribution in [0.1, 0.15) is 43.0 Å². The summed E-state index contributed by atoms with van der Waals surface area (Å²) in [5.41, 5.74) is 10.4. The van der Waals surface area contributed by atoms with Crippen molar-refractivity contribution in [1.82, 2.24) is 0 Å². The van der Waals surface area contributed by atoms with Crippen molar-refractivity contribution in [3.63, 3.8) is 0 Å². The summed E-state index contributed by atoms with van der Waals surface area (Å²) in [7, 11) is 0. The highest BCUT2D eigenvalue weighted by atomic mass is 32.1. The number of rotatable bonds is 4. The van der Waals surface area contributed by atoms with Gasteiger partial charge in [0.15, 0.2) is 0 Å². The Balaban J connectivity index is 2.10. The predicted octanol–water partition coefficient (Wildman–Crippen LogP) is 2.10. The van der Waals surface area contributed by atoms with E-state index in [-0.39, 0.29) is 22.4 Å². The van der Waals surface area contributed by atoms with Gasteiger partial charge in [0.2, 0.25) is 5.91 Å². The van der Waals surface area contributed by atoms with Crippen molar-refractivity contribution in [2.24, 2.45) is 23.3 Å². The lowest BCUT2D eigenvalue weighted by atomic mass is 9.82. The largest absolute Gasteiger partial charge is 0.366 e. The molecule has 0 radical (unpaired) electrons. The zero-order chi connectivity index (χ0) is 16.3. The summed E-state index contributed by atoms with van der Waals surface area (Å²) in [6.45, 7) is 2.14. The van der Waals surface area contributed by atoms with E-state index in [0.717, 1.165) is 37.0 Å². The van der Waals surface area contributed by atoms with Crippen molar-refractivity contribution in [2.45, 2.75) is 32.6 Å². The predicted molar refractivity (Wildman–Crippen MR) is 85.8 cm³/mol. The van der Waals surface area contributed by atoms with Gasteiger partial charge < -0.3 is 16.8 Å². The van der Waals surface area contributed by atoms with Gasteiger partial charge in [-0.1, -0.05) is 31.1 Å². The SMILES string of the molecule is CC1CCCC(C(=O)Nc2cc(C(N)=O)c(NC(N)=O)s2)C1. The number of primary amides is 2. The molecule has 1 aliphatic carbocycles. The second-order valence-corrected chi connectivity index (χ2v) is 6.72. The van der Waals surface area contributed by atoms with Gasteiger partial charge in [-0.25, -0.2) is 4.79 Å². The molecule has 0 bridgehead atoms. The monoisotopic (exact) mass is 324 g/mol. The Hall–Kier alpha value is -2.09. The van der Waals surface area contributed by atoms with E-state index >= 15 is 0 Å². The van der Waals surface area contributed by atoms with Gasteiger partial charge in [-0.2, -0.15) is 0 Å². The highest BCUT2D eigenvalue weighted by Gasteiger charge is 2.26. The standard InChI is InChI=1S/C14H20N4O3S/c1-7-3-2-4-8(5-7)12(20)17-10-6-9(11(15)19)13(22-10)18-14(16)21/h6-8H,2-5H2,1H3,(H2,15,19)(H,17,20)(H3,16,18,21). The van der Waals surface area contributed by atoms with Crippen molar-refractivity contribution in [3.8, 4) is 0 Å². The van der Waals surface area contributed by atoms with E-state index in [1.54, 1.807) is 0 Å². The lowest BCUT2D eigenvalue weighted by molar-refractivity contribution is -0.121. The Labute approximate surface area is 132 Å². The maximum Gasteiger partial charge on any atom is 0.317 e.